The highest BCUT2D eigenvalue weighted by atomic mass is 35.5. The lowest BCUT2D eigenvalue weighted by Crippen LogP contribution is -2.53. The molecule has 1 atom stereocenters. The third-order valence-corrected chi connectivity index (χ3v) is 4.13. The molecular weight excluding hydrogens is 290 g/mol. The first-order valence-corrected chi connectivity index (χ1v) is 7.68. The average molecular weight is 318 g/mol. The zero-order valence-electron chi connectivity index (χ0n) is 13.4. The van der Waals surface area contributed by atoms with Crippen molar-refractivity contribution in [1.82, 2.24) is 15.1 Å². The van der Waals surface area contributed by atoms with Gasteiger partial charge in [0, 0.05) is 44.7 Å². The molecule has 122 valence electrons. The zero-order valence-corrected chi connectivity index (χ0v) is 14.2. The summed E-state index contributed by atoms with van der Waals surface area (Å²) in [4.78, 5) is 28.7. The molecule has 2 fully saturated rings. The molecule has 1 N–H and O–H groups in total. The van der Waals surface area contributed by atoms with E-state index in [0.717, 1.165) is 45.6 Å². The summed E-state index contributed by atoms with van der Waals surface area (Å²) in [6.07, 6.45) is 1.85. The van der Waals surface area contributed by atoms with Crippen molar-refractivity contribution in [3.05, 3.63) is 0 Å². The maximum absolute atomic E-state index is 12.5. The molecule has 2 amide bonds. The summed E-state index contributed by atoms with van der Waals surface area (Å²) in [6.45, 7) is 10.6. The van der Waals surface area contributed by atoms with Crippen LogP contribution in [0.25, 0.3) is 0 Å². The molecule has 0 spiro atoms. The standard InChI is InChI=1S/C15H27N3O2.ClH/c1-15(2,3)14(20)18-8-4-5-12(11-18)13(19)17-9-6-16-7-10-17;/h12,16H,4-11H2,1-3H3;1H. The van der Waals surface area contributed by atoms with Crippen LogP contribution < -0.4 is 5.32 Å². The Bertz CT molecular complexity index is 376. The molecule has 0 radical (unpaired) electrons. The third-order valence-electron chi connectivity index (χ3n) is 4.13. The molecular formula is C15H28ClN3O2. The first kappa shape index (κ1) is 18.2. The van der Waals surface area contributed by atoms with E-state index in [1.807, 2.05) is 30.6 Å². The maximum atomic E-state index is 12.5. The second-order valence-corrected chi connectivity index (χ2v) is 6.92. The summed E-state index contributed by atoms with van der Waals surface area (Å²) in [7, 11) is 0. The van der Waals surface area contributed by atoms with Crippen LogP contribution in [0.5, 0.6) is 0 Å². The van der Waals surface area contributed by atoms with E-state index in [-0.39, 0.29) is 35.6 Å². The molecule has 0 aromatic rings. The van der Waals surface area contributed by atoms with Crippen LogP contribution in [0.3, 0.4) is 0 Å². The Morgan fingerprint density at radius 2 is 1.67 bits per heavy atom. The van der Waals surface area contributed by atoms with Crippen molar-refractivity contribution in [3.63, 3.8) is 0 Å². The van der Waals surface area contributed by atoms with Gasteiger partial charge in [-0.25, -0.2) is 0 Å². The fourth-order valence-corrected chi connectivity index (χ4v) is 2.98. The quantitative estimate of drug-likeness (QED) is 0.788. The Morgan fingerprint density at radius 1 is 1.05 bits per heavy atom. The highest BCUT2D eigenvalue weighted by Crippen LogP contribution is 2.24. The van der Waals surface area contributed by atoms with E-state index in [4.69, 9.17) is 0 Å². The Hall–Kier alpha value is -0.810. The molecule has 0 bridgehead atoms. The molecule has 0 aromatic carbocycles. The number of hydrogen-bond donors (Lipinski definition) is 1. The number of carbonyl (C=O) groups excluding carboxylic acids is 2. The van der Waals surface area contributed by atoms with Gasteiger partial charge in [-0.2, -0.15) is 0 Å². The van der Waals surface area contributed by atoms with E-state index >= 15 is 0 Å². The Morgan fingerprint density at radius 3 is 2.24 bits per heavy atom. The van der Waals surface area contributed by atoms with Crippen molar-refractivity contribution in [2.75, 3.05) is 39.3 Å². The first-order chi connectivity index (χ1) is 9.39. The molecule has 0 aromatic heterocycles. The third kappa shape index (κ3) is 4.58. The number of rotatable bonds is 1. The van der Waals surface area contributed by atoms with Crippen molar-refractivity contribution in [2.24, 2.45) is 11.3 Å². The molecule has 2 aliphatic rings. The topological polar surface area (TPSA) is 52.7 Å². The Balaban J connectivity index is 0.00000220. The number of piperidine rings is 1. The predicted molar refractivity (Wildman–Crippen MR) is 85.5 cm³/mol. The molecule has 1 unspecified atom stereocenters. The maximum Gasteiger partial charge on any atom is 0.227 e. The lowest BCUT2D eigenvalue weighted by Gasteiger charge is -2.38. The molecule has 0 aliphatic carbocycles. The van der Waals surface area contributed by atoms with Crippen molar-refractivity contribution < 1.29 is 9.59 Å². The van der Waals surface area contributed by atoms with Crippen LogP contribution in [0.15, 0.2) is 0 Å². The second-order valence-electron chi connectivity index (χ2n) is 6.92. The van der Waals surface area contributed by atoms with Crippen LogP contribution in [0.4, 0.5) is 0 Å². The number of piperazine rings is 1. The number of carbonyl (C=O) groups is 2. The number of halogens is 1. The van der Waals surface area contributed by atoms with E-state index in [1.165, 1.54) is 0 Å². The van der Waals surface area contributed by atoms with Crippen molar-refractivity contribution in [3.8, 4) is 0 Å². The summed E-state index contributed by atoms with van der Waals surface area (Å²) in [5.41, 5.74) is -0.361. The average Bonchev–Trinajstić information content (AvgIpc) is 2.46. The normalized spacial score (nSPS) is 23.5. The van der Waals surface area contributed by atoms with Gasteiger partial charge in [0.05, 0.1) is 5.92 Å². The van der Waals surface area contributed by atoms with E-state index < -0.39 is 0 Å². The Kier molecular flexibility index (Phi) is 6.47. The molecule has 2 saturated heterocycles. The van der Waals surface area contributed by atoms with Crippen molar-refractivity contribution in [2.45, 2.75) is 33.6 Å². The van der Waals surface area contributed by atoms with Crippen LogP contribution in [-0.4, -0.2) is 60.9 Å². The van der Waals surface area contributed by atoms with E-state index in [0.29, 0.717) is 6.54 Å². The molecule has 5 nitrogen and oxygen atoms in total. The monoisotopic (exact) mass is 317 g/mol. The van der Waals surface area contributed by atoms with E-state index in [1.54, 1.807) is 0 Å². The summed E-state index contributed by atoms with van der Waals surface area (Å²) < 4.78 is 0. The highest BCUT2D eigenvalue weighted by Gasteiger charge is 2.35. The van der Waals surface area contributed by atoms with Crippen molar-refractivity contribution in [1.29, 1.82) is 0 Å². The van der Waals surface area contributed by atoms with E-state index in [2.05, 4.69) is 5.32 Å². The zero-order chi connectivity index (χ0) is 14.8. The predicted octanol–water partition coefficient (Wildman–Crippen LogP) is 1.12. The Labute approximate surface area is 133 Å². The molecule has 2 rings (SSSR count). The number of likely N-dealkylation sites (tertiary alicyclic amines) is 1. The first-order valence-electron chi connectivity index (χ1n) is 7.68. The van der Waals surface area contributed by atoms with Gasteiger partial charge in [0.1, 0.15) is 0 Å². The van der Waals surface area contributed by atoms with Crippen LogP contribution in [0.2, 0.25) is 0 Å². The number of amides is 2. The van der Waals surface area contributed by atoms with Gasteiger partial charge in [0.2, 0.25) is 11.8 Å². The SMILES string of the molecule is CC(C)(C)C(=O)N1CCCC(C(=O)N2CCNCC2)C1.Cl. The minimum absolute atomic E-state index is 0. The molecule has 21 heavy (non-hydrogen) atoms. The van der Waals surface area contributed by atoms with Crippen LogP contribution in [0, 0.1) is 11.3 Å². The van der Waals surface area contributed by atoms with Crippen LogP contribution in [-0.2, 0) is 9.59 Å². The minimum Gasteiger partial charge on any atom is -0.341 e. The van der Waals surface area contributed by atoms with Gasteiger partial charge >= 0.3 is 0 Å². The van der Waals surface area contributed by atoms with Gasteiger partial charge in [-0.3, -0.25) is 9.59 Å². The number of nitrogens with one attached hydrogen (secondary N) is 1. The lowest BCUT2D eigenvalue weighted by molar-refractivity contribution is -0.145. The smallest absolute Gasteiger partial charge is 0.227 e. The van der Waals surface area contributed by atoms with Gasteiger partial charge < -0.3 is 15.1 Å². The molecule has 6 heteroatoms. The summed E-state index contributed by atoms with van der Waals surface area (Å²) >= 11 is 0. The summed E-state index contributed by atoms with van der Waals surface area (Å²) in [6, 6.07) is 0. The lowest BCUT2D eigenvalue weighted by atomic mass is 9.90. The fourth-order valence-electron chi connectivity index (χ4n) is 2.98. The van der Waals surface area contributed by atoms with Crippen LogP contribution in [0.1, 0.15) is 33.6 Å². The van der Waals surface area contributed by atoms with Gasteiger partial charge in [-0.15, -0.1) is 12.4 Å². The largest absolute Gasteiger partial charge is 0.341 e. The van der Waals surface area contributed by atoms with E-state index in [9.17, 15) is 9.59 Å². The van der Waals surface area contributed by atoms with Crippen LogP contribution >= 0.6 is 12.4 Å². The molecule has 2 aliphatic heterocycles. The summed E-state index contributed by atoms with van der Waals surface area (Å²) in [5.74, 6) is 0.390. The summed E-state index contributed by atoms with van der Waals surface area (Å²) in [5, 5.41) is 3.26. The van der Waals surface area contributed by atoms with Gasteiger partial charge in [0.15, 0.2) is 0 Å². The van der Waals surface area contributed by atoms with Crippen molar-refractivity contribution >= 4 is 24.2 Å². The number of nitrogens with zero attached hydrogens (tertiary/aromatic N) is 2. The fraction of sp³-hybridized carbons (Fsp3) is 0.867. The molecule has 2 heterocycles. The minimum atomic E-state index is -0.361. The number of hydrogen-bond acceptors (Lipinski definition) is 3. The molecule has 0 saturated carbocycles. The van der Waals surface area contributed by atoms with Gasteiger partial charge in [0.25, 0.3) is 0 Å². The second kappa shape index (κ2) is 7.45. The highest BCUT2D eigenvalue weighted by molar-refractivity contribution is 5.85. The van der Waals surface area contributed by atoms with Gasteiger partial charge in [-0.05, 0) is 12.8 Å². The van der Waals surface area contributed by atoms with Gasteiger partial charge in [-0.1, -0.05) is 20.8 Å².